The Bertz CT molecular complexity index is 968. The lowest BCUT2D eigenvalue weighted by atomic mass is 9.87. The summed E-state index contributed by atoms with van der Waals surface area (Å²) in [5.74, 6) is 2.92. The van der Waals surface area contributed by atoms with Crippen LogP contribution in [0.25, 0.3) is 0 Å². The quantitative estimate of drug-likeness (QED) is 0.352. The SMILES string of the molecule is C=CCCOC1COc2ccc(C(C)(C)C)cc2OCCCOc2ccc(C(C)(C)C)cc2OC1. The Kier molecular flexibility index (Phi) is 9.12. The Morgan fingerprint density at radius 3 is 1.80 bits per heavy atom. The number of ether oxygens (including phenoxy) is 5. The third-order valence-electron chi connectivity index (χ3n) is 5.95. The van der Waals surface area contributed by atoms with Crippen molar-refractivity contribution in [1.29, 1.82) is 0 Å². The van der Waals surface area contributed by atoms with Crippen molar-refractivity contribution >= 4 is 0 Å². The fourth-order valence-electron chi connectivity index (χ4n) is 3.66. The van der Waals surface area contributed by atoms with Gasteiger partial charge in [0.05, 0.1) is 19.8 Å². The van der Waals surface area contributed by atoms with Gasteiger partial charge in [-0.3, -0.25) is 0 Å². The first kappa shape index (κ1) is 26.9. The molecule has 192 valence electrons. The minimum absolute atomic E-state index is 0.00387. The van der Waals surface area contributed by atoms with Gasteiger partial charge in [0, 0.05) is 6.42 Å². The molecule has 3 rings (SSSR count). The second-order valence-corrected chi connectivity index (χ2v) is 11.1. The van der Waals surface area contributed by atoms with Crippen molar-refractivity contribution in [2.75, 3.05) is 33.0 Å². The van der Waals surface area contributed by atoms with E-state index in [0.29, 0.717) is 38.8 Å². The van der Waals surface area contributed by atoms with Gasteiger partial charge in [0.15, 0.2) is 23.0 Å². The Hall–Kier alpha value is -2.66. The van der Waals surface area contributed by atoms with Crippen molar-refractivity contribution in [3.05, 3.63) is 60.2 Å². The van der Waals surface area contributed by atoms with Crippen LogP contribution in [-0.4, -0.2) is 39.1 Å². The van der Waals surface area contributed by atoms with E-state index in [4.69, 9.17) is 23.7 Å². The smallest absolute Gasteiger partial charge is 0.161 e. The maximum atomic E-state index is 6.28. The van der Waals surface area contributed by atoms with Crippen LogP contribution >= 0.6 is 0 Å². The summed E-state index contributed by atoms with van der Waals surface area (Å²) in [5, 5.41) is 0. The van der Waals surface area contributed by atoms with Crippen molar-refractivity contribution in [1.82, 2.24) is 0 Å². The minimum atomic E-state index is -0.265. The van der Waals surface area contributed by atoms with Crippen LogP contribution in [-0.2, 0) is 15.6 Å². The van der Waals surface area contributed by atoms with E-state index in [2.05, 4.69) is 72.4 Å². The zero-order valence-electron chi connectivity index (χ0n) is 22.3. The summed E-state index contributed by atoms with van der Waals surface area (Å²) in [4.78, 5) is 0. The van der Waals surface area contributed by atoms with Gasteiger partial charge >= 0.3 is 0 Å². The molecule has 0 saturated heterocycles. The Morgan fingerprint density at radius 1 is 0.771 bits per heavy atom. The van der Waals surface area contributed by atoms with Crippen molar-refractivity contribution in [2.24, 2.45) is 0 Å². The minimum Gasteiger partial charge on any atom is -0.490 e. The first-order chi connectivity index (χ1) is 16.6. The topological polar surface area (TPSA) is 46.2 Å². The molecule has 0 aliphatic carbocycles. The molecule has 1 aliphatic heterocycles. The van der Waals surface area contributed by atoms with Gasteiger partial charge in [-0.25, -0.2) is 0 Å². The Balaban J connectivity index is 1.86. The highest BCUT2D eigenvalue weighted by Crippen LogP contribution is 2.35. The van der Waals surface area contributed by atoms with E-state index in [0.717, 1.165) is 30.1 Å². The highest BCUT2D eigenvalue weighted by molar-refractivity contribution is 5.46. The van der Waals surface area contributed by atoms with Gasteiger partial charge in [0.2, 0.25) is 0 Å². The molecule has 0 radical (unpaired) electrons. The van der Waals surface area contributed by atoms with Crippen LogP contribution in [0, 0.1) is 0 Å². The van der Waals surface area contributed by atoms with E-state index in [-0.39, 0.29) is 16.9 Å². The molecule has 5 heteroatoms. The second kappa shape index (κ2) is 11.9. The van der Waals surface area contributed by atoms with Gasteiger partial charge in [0.25, 0.3) is 0 Å². The van der Waals surface area contributed by atoms with Gasteiger partial charge in [-0.1, -0.05) is 59.8 Å². The summed E-state index contributed by atoms with van der Waals surface area (Å²) in [6, 6.07) is 12.3. The molecule has 0 spiro atoms. The zero-order chi connectivity index (χ0) is 25.5. The number of benzene rings is 2. The van der Waals surface area contributed by atoms with Crippen molar-refractivity contribution < 1.29 is 23.7 Å². The molecule has 1 heterocycles. The average molecular weight is 483 g/mol. The fraction of sp³-hybridized carbons (Fsp3) is 0.533. The molecule has 0 fully saturated rings. The molecular formula is C30H42O5. The standard InChI is InChI=1S/C30H42O5/c1-8-9-15-31-24-20-34-26-14-12-22(29(2,3)4)18-27(26)33-17-10-16-32-25-13-11-23(30(5,6)7)19-28(25)35-21-24/h8,11-14,18-19,24H,1,9-10,15-17,20-21H2,2-7H3. The largest absolute Gasteiger partial charge is 0.490 e. The molecule has 0 saturated carbocycles. The predicted octanol–water partition coefficient (Wildman–Crippen LogP) is 6.86. The van der Waals surface area contributed by atoms with E-state index >= 15 is 0 Å². The normalized spacial score (nSPS) is 17.4. The first-order valence-electron chi connectivity index (χ1n) is 12.6. The average Bonchev–Trinajstić information content (AvgIpc) is 2.79. The number of hydrogen-bond donors (Lipinski definition) is 0. The lowest BCUT2D eigenvalue weighted by Gasteiger charge is -2.25. The third kappa shape index (κ3) is 7.93. The third-order valence-corrected chi connectivity index (χ3v) is 5.95. The molecule has 0 N–H and O–H groups in total. The number of fused-ring (bicyclic) bond motifs is 2. The summed E-state index contributed by atoms with van der Waals surface area (Å²) in [5.41, 5.74) is 2.40. The van der Waals surface area contributed by atoms with E-state index < -0.39 is 0 Å². The van der Waals surface area contributed by atoms with E-state index in [1.54, 1.807) is 0 Å². The highest BCUT2D eigenvalue weighted by atomic mass is 16.6. The molecule has 2 aromatic rings. The summed E-state index contributed by atoms with van der Waals surface area (Å²) >= 11 is 0. The van der Waals surface area contributed by atoms with Crippen molar-refractivity contribution in [3.8, 4) is 23.0 Å². The van der Waals surface area contributed by atoms with Crippen LogP contribution in [0.2, 0.25) is 0 Å². The monoisotopic (exact) mass is 482 g/mol. The molecule has 5 nitrogen and oxygen atoms in total. The molecule has 1 atom stereocenters. The van der Waals surface area contributed by atoms with Gasteiger partial charge in [0.1, 0.15) is 19.3 Å². The Morgan fingerprint density at radius 2 is 1.26 bits per heavy atom. The molecule has 2 aromatic carbocycles. The van der Waals surface area contributed by atoms with Crippen LogP contribution in [0.4, 0.5) is 0 Å². The zero-order valence-corrected chi connectivity index (χ0v) is 22.3. The Labute approximate surface area is 211 Å². The summed E-state index contributed by atoms with van der Waals surface area (Å²) in [7, 11) is 0. The van der Waals surface area contributed by atoms with Crippen LogP contribution < -0.4 is 18.9 Å². The van der Waals surface area contributed by atoms with Crippen LogP contribution in [0.15, 0.2) is 49.1 Å². The van der Waals surface area contributed by atoms with Crippen LogP contribution in [0.5, 0.6) is 23.0 Å². The highest BCUT2D eigenvalue weighted by Gasteiger charge is 2.21. The molecule has 1 aliphatic rings. The van der Waals surface area contributed by atoms with Crippen LogP contribution in [0.1, 0.15) is 65.5 Å². The van der Waals surface area contributed by atoms with Gasteiger partial charge in [-0.05, 0) is 52.6 Å². The molecule has 0 aromatic heterocycles. The molecule has 0 amide bonds. The van der Waals surface area contributed by atoms with Gasteiger partial charge in [-0.15, -0.1) is 6.58 Å². The second-order valence-electron chi connectivity index (χ2n) is 11.1. The first-order valence-corrected chi connectivity index (χ1v) is 12.6. The summed E-state index contributed by atoms with van der Waals surface area (Å²) in [6.07, 6.45) is 3.09. The summed E-state index contributed by atoms with van der Waals surface area (Å²) < 4.78 is 30.9. The van der Waals surface area contributed by atoms with Gasteiger partial charge < -0.3 is 23.7 Å². The fourth-order valence-corrected chi connectivity index (χ4v) is 3.66. The maximum absolute atomic E-state index is 6.28. The predicted molar refractivity (Wildman–Crippen MR) is 141 cm³/mol. The van der Waals surface area contributed by atoms with E-state index in [1.165, 1.54) is 11.1 Å². The lowest BCUT2D eigenvalue weighted by Crippen LogP contribution is -2.29. The van der Waals surface area contributed by atoms with E-state index in [1.807, 2.05) is 18.2 Å². The van der Waals surface area contributed by atoms with E-state index in [9.17, 15) is 0 Å². The van der Waals surface area contributed by atoms with Crippen LogP contribution in [0.3, 0.4) is 0 Å². The molecule has 35 heavy (non-hydrogen) atoms. The number of hydrogen-bond acceptors (Lipinski definition) is 5. The maximum Gasteiger partial charge on any atom is 0.161 e. The lowest BCUT2D eigenvalue weighted by molar-refractivity contribution is -0.00665. The number of rotatable bonds is 4. The van der Waals surface area contributed by atoms with Gasteiger partial charge in [-0.2, -0.15) is 0 Å². The molecule has 0 bridgehead atoms. The van der Waals surface area contributed by atoms with Crippen molar-refractivity contribution in [2.45, 2.75) is 71.3 Å². The molecule has 1 unspecified atom stereocenters. The summed E-state index contributed by atoms with van der Waals surface area (Å²) in [6.45, 7) is 19.2. The molecular weight excluding hydrogens is 440 g/mol. The van der Waals surface area contributed by atoms with Crippen molar-refractivity contribution in [3.63, 3.8) is 0 Å².